The Bertz CT molecular complexity index is 688. The van der Waals surface area contributed by atoms with Gasteiger partial charge in [0.25, 0.3) is 0 Å². The van der Waals surface area contributed by atoms with Crippen molar-refractivity contribution < 1.29 is 14.3 Å². The van der Waals surface area contributed by atoms with E-state index >= 15 is 0 Å². The number of ether oxygens (including phenoxy) is 2. The molecule has 7 heteroatoms. The van der Waals surface area contributed by atoms with Crippen molar-refractivity contribution in [1.82, 2.24) is 15.1 Å². The van der Waals surface area contributed by atoms with Gasteiger partial charge in [-0.25, -0.2) is 4.79 Å². The summed E-state index contributed by atoms with van der Waals surface area (Å²) in [4.78, 5) is 14.0. The topological polar surface area (TPSA) is 76.6 Å². The zero-order valence-electron chi connectivity index (χ0n) is 13.7. The molecule has 1 aliphatic heterocycles. The molecule has 7 nitrogen and oxygen atoms in total. The molecule has 1 aromatic heterocycles. The van der Waals surface area contributed by atoms with Crippen LogP contribution in [-0.4, -0.2) is 47.4 Å². The van der Waals surface area contributed by atoms with Gasteiger partial charge in [-0.05, 0) is 37.3 Å². The molecule has 1 aromatic carbocycles. The highest BCUT2D eigenvalue weighted by atomic mass is 16.5. The SMILES string of the molecule is COc1ccc(NC(=O)N2CCC(Oc3ccc(C)nn3)C2)cc1. The van der Waals surface area contributed by atoms with Gasteiger partial charge < -0.3 is 19.7 Å². The molecule has 2 heterocycles. The molecule has 126 valence electrons. The number of aryl methyl sites for hydroxylation is 1. The number of nitrogens with zero attached hydrogens (tertiary/aromatic N) is 3. The third kappa shape index (κ3) is 3.92. The Morgan fingerprint density at radius 3 is 2.67 bits per heavy atom. The van der Waals surface area contributed by atoms with Crippen LogP contribution in [0.2, 0.25) is 0 Å². The van der Waals surface area contributed by atoms with Crippen molar-refractivity contribution in [2.24, 2.45) is 0 Å². The van der Waals surface area contributed by atoms with Gasteiger partial charge in [-0.3, -0.25) is 0 Å². The van der Waals surface area contributed by atoms with Crippen LogP contribution in [0.25, 0.3) is 0 Å². The lowest BCUT2D eigenvalue weighted by Crippen LogP contribution is -2.34. The maximum absolute atomic E-state index is 12.3. The van der Waals surface area contributed by atoms with Crippen LogP contribution in [0.15, 0.2) is 36.4 Å². The van der Waals surface area contributed by atoms with E-state index in [1.807, 2.05) is 37.3 Å². The summed E-state index contributed by atoms with van der Waals surface area (Å²) in [5.41, 5.74) is 1.57. The number of aromatic nitrogens is 2. The van der Waals surface area contributed by atoms with Crippen molar-refractivity contribution >= 4 is 11.7 Å². The summed E-state index contributed by atoms with van der Waals surface area (Å²) in [6.07, 6.45) is 0.703. The Balaban J connectivity index is 1.52. The summed E-state index contributed by atoms with van der Waals surface area (Å²) in [5, 5.41) is 10.8. The lowest BCUT2D eigenvalue weighted by Gasteiger charge is -2.17. The first-order valence-corrected chi connectivity index (χ1v) is 7.81. The van der Waals surface area contributed by atoms with Crippen LogP contribution in [0.1, 0.15) is 12.1 Å². The third-order valence-electron chi connectivity index (χ3n) is 3.83. The van der Waals surface area contributed by atoms with E-state index in [4.69, 9.17) is 9.47 Å². The van der Waals surface area contributed by atoms with Crippen LogP contribution < -0.4 is 14.8 Å². The third-order valence-corrected chi connectivity index (χ3v) is 3.83. The van der Waals surface area contributed by atoms with Crippen molar-refractivity contribution in [3.63, 3.8) is 0 Å². The molecular formula is C17H20N4O3. The van der Waals surface area contributed by atoms with Crippen molar-refractivity contribution in [3.8, 4) is 11.6 Å². The first-order chi connectivity index (χ1) is 11.6. The number of likely N-dealkylation sites (tertiary alicyclic amines) is 1. The first kappa shape index (κ1) is 16.0. The maximum atomic E-state index is 12.3. The molecule has 1 fully saturated rings. The summed E-state index contributed by atoms with van der Waals surface area (Å²) in [5.74, 6) is 1.24. The quantitative estimate of drug-likeness (QED) is 0.933. The predicted molar refractivity (Wildman–Crippen MR) is 89.4 cm³/mol. The van der Waals surface area contributed by atoms with Crippen LogP contribution >= 0.6 is 0 Å². The van der Waals surface area contributed by atoms with E-state index in [0.29, 0.717) is 19.0 Å². The van der Waals surface area contributed by atoms with Crippen molar-refractivity contribution in [3.05, 3.63) is 42.1 Å². The number of hydrogen-bond donors (Lipinski definition) is 1. The van der Waals surface area contributed by atoms with E-state index in [-0.39, 0.29) is 12.1 Å². The maximum Gasteiger partial charge on any atom is 0.321 e. The van der Waals surface area contributed by atoms with E-state index in [2.05, 4.69) is 15.5 Å². The molecule has 1 saturated heterocycles. The van der Waals surface area contributed by atoms with Gasteiger partial charge in [0.15, 0.2) is 0 Å². The van der Waals surface area contributed by atoms with E-state index in [0.717, 1.165) is 23.6 Å². The van der Waals surface area contributed by atoms with Gasteiger partial charge in [0, 0.05) is 24.7 Å². The summed E-state index contributed by atoms with van der Waals surface area (Å²) in [6.45, 7) is 3.04. The minimum absolute atomic E-state index is 0.0661. The Hall–Kier alpha value is -2.83. The number of urea groups is 1. The van der Waals surface area contributed by atoms with Gasteiger partial charge in [0.05, 0.1) is 19.3 Å². The molecule has 0 aliphatic carbocycles. The molecule has 1 unspecified atom stereocenters. The van der Waals surface area contributed by atoms with E-state index in [1.54, 1.807) is 18.1 Å². The van der Waals surface area contributed by atoms with Crippen molar-refractivity contribution in [2.75, 3.05) is 25.5 Å². The number of hydrogen-bond acceptors (Lipinski definition) is 5. The number of nitrogens with one attached hydrogen (secondary N) is 1. The minimum atomic E-state index is -0.138. The second-order valence-electron chi connectivity index (χ2n) is 5.65. The lowest BCUT2D eigenvalue weighted by molar-refractivity contribution is 0.188. The second-order valence-corrected chi connectivity index (χ2v) is 5.65. The fourth-order valence-electron chi connectivity index (χ4n) is 2.51. The molecule has 1 atom stereocenters. The number of benzene rings is 1. The molecule has 1 aliphatic rings. The van der Waals surface area contributed by atoms with Gasteiger partial charge in [-0.15, -0.1) is 5.10 Å². The summed E-state index contributed by atoms with van der Waals surface area (Å²) in [7, 11) is 1.61. The summed E-state index contributed by atoms with van der Waals surface area (Å²) >= 11 is 0. The average molecular weight is 328 g/mol. The number of rotatable bonds is 4. The molecule has 2 aromatic rings. The van der Waals surface area contributed by atoms with Gasteiger partial charge in [0.1, 0.15) is 11.9 Å². The highest BCUT2D eigenvalue weighted by molar-refractivity contribution is 5.89. The largest absolute Gasteiger partial charge is 0.497 e. The van der Waals surface area contributed by atoms with Crippen molar-refractivity contribution in [2.45, 2.75) is 19.4 Å². The van der Waals surface area contributed by atoms with Crippen LogP contribution in [0.3, 0.4) is 0 Å². The highest BCUT2D eigenvalue weighted by Crippen LogP contribution is 2.19. The number of anilines is 1. The molecule has 2 amide bonds. The zero-order chi connectivity index (χ0) is 16.9. The zero-order valence-corrected chi connectivity index (χ0v) is 13.7. The average Bonchev–Trinajstić information content (AvgIpc) is 3.06. The monoisotopic (exact) mass is 328 g/mol. The number of carbonyl (C=O) groups is 1. The Morgan fingerprint density at radius 1 is 1.21 bits per heavy atom. The number of amides is 2. The van der Waals surface area contributed by atoms with Crippen LogP contribution in [0.5, 0.6) is 11.6 Å². The van der Waals surface area contributed by atoms with E-state index in [1.165, 1.54) is 0 Å². The van der Waals surface area contributed by atoms with Crippen LogP contribution in [0, 0.1) is 6.92 Å². The van der Waals surface area contributed by atoms with Crippen molar-refractivity contribution in [1.29, 1.82) is 0 Å². The van der Waals surface area contributed by atoms with Gasteiger partial charge >= 0.3 is 6.03 Å². The molecular weight excluding hydrogens is 308 g/mol. The molecule has 0 radical (unpaired) electrons. The Labute approximate surface area is 140 Å². The molecule has 3 rings (SSSR count). The molecule has 24 heavy (non-hydrogen) atoms. The normalized spacial score (nSPS) is 16.8. The minimum Gasteiger partial charge on any atom is -0.497 e. The molecule has 1 N–H and O–H groups in total. The number of carbonyl (C=O) groups excluding carboxylic acids is 1. The summed E-state index contributed by atoms with van der Waals surface area (Å²) < 4.78 is 10.9. The van der Waals surface area contributed by atoms with Gasteiger partial charge in [-0.1, -0.05) is 0 Å². The predicted octanol–water partition coefficient (Wildman–Crippen LogP) is 2.48. The smallest absolute Gasteiger partial charge is 0.321 e. The fourth-order valence-corrected chi connectivity index (χ4v) is 2.51. The van der Waals surface area contributed by atoms with E-state index < -0.39 is 0 Å². The second kappa shape index (κ2) is 7.16. The molecule has 0 spiro atoms. The highest BCUT2D eigenvalue weighted by Gasteiger charge is 2.28. The Morgan fingerprint density at radius 2 is 2.00 bits per heavy atom. The number of methoxy groups -OCH3 is 1. The molecule has 0 saturated carbocycles. The first-order valence-electron chi connectivity index (χ1n) is 7.81. The summed E-state index contributed by atoms with van der Waals surface area (Å²) in [6, 6.07) is 10.7. The van der Waals surface area contributed by atoms with Gasteiger partial charge in [0.2, 0.25) is 5.88 Å². The van der Waals surface area contributed by atoms with E-state index in [9.17, 15) is 4.79 Å². The lowest BCUT2D eigenvalue weighted by atomic mass is 10.3. The van der Waals surface area contributed by atoms with Gasteiger partial charge in [-0.2, -0.15) is 5.10 Å². The fraction of sp³-hybridized carbons (Fsp3) is 0.353. The Kier molecular flexibility index (Phi) is 4.79. The van der Waals surface area contributed by atoms with Crippen LogP contribution in [-0.2, 0) is 0 Å². The standard InChI is InChI=1S/C17H20N4O3/c1-12-3-8-16(20-19-12)24-15-9-10-21(11-15)17(22)18-13-4-6-14(23-2)7-5-13/h3-8,15H,9-11H2,1-2H3,(H,18,22). The molecule has 0 bridgehead atoms. The van der Waals surface area contributed by atoms with Crippen LogP contribution in [0.4, 0.5) is 10.5 Å².